The molecule has 2 aromatic rings. The Kier molecular flexibility index (Phi) is 3.18. The Balaban J connectivity index is 2.52. The lowest BCUT2D eigenvalue weighted by atomic mass is 10.1. The van der Waals surface area contributed by atoms with Gasteiger partial charge < -0.3 is 10.5 Å². The molecule has 0 unspecified atom stereocenters. The molecule has 100 valence electrons. The van der Waals surface area contributed by atoms with Gasteiger partial charge in [0.25, 0.3) is 0 Å². The molecule has 3 N–H and O–H groups in total. The van der Waals surface area contributed by atoms with Crippen LogP contribution in [0.25, 0.3) is 10.9 Å². The number of aromatic nitrogens is 1. The number of hydrogen-bond donors (Lipinski definition) is 2. The fourth-order valence-electron chi connectivity index (χ4n) is 1.93. The van der Waals surface area contributed by atoms with Crippen LogP contribution in [0.1, 0.15) is 32.0 Å². The zero-order valence-electron chi connectivity index (χ0n) is 11.7. The number of nitrogens with one attached hydrogen (secondary N) is 1. The van der Waals surface area contributed by atoms with Crippen LogP contribution in [0.3, 0.4) is 0 Å². The number of ether oxygens (including phenoxy) is 1. The number of fused-ring (bicyclic) bond motifs is 1. The molecule has 0 saturated heterocycles. The van der Waals surface area contributed by atoms with Gasteiger partial charge >= 0.3 is 0 Å². The van der Waals surface area contributed by atoms with E-state index in [0.29, 0.717) is 5.69 Å². The smallest absolute Gasteiger partial charge is 0.141 e. The van der Waals surface area contributed by atoms with Gasteiger partial charge in [0.1, 0.15) is 22.9 Å². The van der Waals surface area contributed by atoms with Crippen LogP contribution < -0.4 is 10.5 Å². The Labute approximate surface area is 113 Å². The van der Waals surface area contributed by atoms with Crippen LogP contribution in [0.4, 0.5) is 0 Å². The van der Waals surface area contributed by atoms with Crippen molar-refractivity contribution < 1.29 is 4.74 Å². The Morgan fingerprint density at radius 1 is 1.26 bits per heavy atom. The van der Waals surface area contributed by atoms with Gasteiger partial charge in [0, 0.05) is 5.39 Å². The Hall–Kier alpha value is -2.10. The summed E-state index contributed by atoms with van der Waals surface area (Å²) < 4.78 is 5.85. The fraction of sp³-hybridized carbons (Fsp3) is 0.333. The van der Waals surface area contributed by atoms with E-state index in [1.807, 2.05) is 52.0 Å². The van der Waals surface area contributed by atoms with Crippen LogP contribution in [0.2, 0.25) is 0 Å². The molecule has 1 heterocycles. The summed E-state index contributed by atoms with van der Waals surface area (Å²) in [5.74, 6) is 0.806. The largest absolute Gasteiger partial charge is 0.488 e. The predicted octanol–water partition coefficient (Wildman–Crippen LogP) is 3.00. The van der Waals surface area contributed by atoms with Gasteiger partial charge in [-0.05, 0) is 57.5 Å². The molecule has 0 bridgehead atoms. The summed E-state index contributed by atoms with van der Waals surface area (Å²) in [6, 6.07) is 7.60. The zero-order valence-corrected chi connectivity index (χ0v) is 11.7. The summed E-state index contributed by atoms with van der Waals surface area (Å²) in [6.07, 6.45) is 0. The van der Waals surface area contributed by atoms with E-state index in [0.717, 1.165) is 22.2 Å². The fourth-order valence-corrected chi connectivity index (χ4v) is 1.93. The maximum absolute atomic E-state index is 7.46. The van der Waals surface area contributed by atoms with Gasteiger partial charge in [0.15, 0.2) is 0 Å². The second kappa shape index (κ2) is 4.53. The van der Waals surface area contributed by atoms with Crippen molar-refractivity contribution in [2.24, 2.45) is 5.73 Å². The molecule has 4 heteroatoms. The van der Waals surface area contributed by atoms with Crippen molar-refractivity contribution in [1.82, 2.24) is 4.98 Å². The number of nitrogen functional groups attached to an aromatic ring is 1. The Bertz CT molecular complexity index is 642. The summed E-state index contributed by atoms with van der Waals surface area (Å²) in [7, 11) is 0. The molecule has 0 saturated carbocycles. The molecule has 0 radical (unpaired) electrons. The summed E-state index contributed by atoms with van der Waals surface area (Å²) >= 11 is 0. The van der Waals surface area contributed by atoms with Crippen LogP contribution in [0.5, 0.6) is 5.75 Å². The summed E-state index contributed by atoms with van der Waals surface area (Å²) in [5, 5.41) is 8.48. The quantitative estimate of drug-likeness (QED) is 0.641. The van der Waals surface area contributed by atoms with Gasteiger partial charge in [-0.1, -0.05) is 0 Å². The molecule has 0 spiro atoms. The first-order valence-electron chi connectivity index (χ1n) is 6.21. The van der Waals surface area contributed by atoms with Gasteiger partial charge in [-0.25, -0.2) is 4.98 Å². The van der Waals surface area contributed by atoms with Gasteiger partial charge in [0.2, 0.25) is 0 Å². The van der Waals surface area contributed by atoms with E-state index in [-0.39, 0.29) is 11.4 Å². The average Bonchev–Trinajstić information content (AvgIpc) is 2.27. The second-order valence-electron chi connectivity index (χ2n) is 5.63. The molecule has 0 atom stereocenters. The number of pyridine rings is 1. The summed E-state index contributed by atoms with van der Waals surface area (Å²) in [6.45, 7) is 8.03. The Morgan fingerprint density at radius 2 is 1.95 bits per heavy atom. The predicted molar refractivity (Wildman–Crippen MR) is 77.9 cm³/mol. The topological polar surface area (TPSA) is 72.0 Å². The molecule has 2 rings (SSSR count). The monoisotopic (exact) mass is 257 g/mol. The van der Waals surface area contributed by atoms with Crippen molar-refractivity contribution in [1.29, 1.82) is 5.41 Å². The van der Waals surface area contributed by atoms with Crippen LogP contribution in [-0.4, -0.2) is 16.4 Å². The minimum atomic E-state index is -0.228. The third kappa shape index (κ3) is 3.02. The molecule has 0 aliphatic heterocycles. The number of hydrogen-bond acceptors (Lipinski definition) is 3. The first kappa shape index (κ1) is 13.3. The number of nitrogens with zero attached hydrogens (tertiary/aromatic N) is 1. The maximum Gasteiger partial charge on any atom is 0.141 e. The molecule has 0 aliphatic carbocycles. The van der Waals surface area contributed by atoms with Crippen molar-refractivity contribution in [3.8, 4) is 5.75 Å². The highest BCUT2D eigenvalue weighted by atomic mass is 16.5. The molecule has 1 aromatic carbocycles. The molecule has 4 nitrogen and oxygen atoms in total. The number of amidine groups is 1. The number of benzene rings is 1. The van der Waals surface area contributed by atoms with Gasteiger partial charge in [-0.3, -0.25) is 5.41 Å². The highest BCUT2D eigenvalue weighted by Gasteiger charge is 2.13. The number of rotatable bonds is 2. The third-order valence-corrected chi connectivity index (χ3v) is 2.69. The normalized spacial score (nSPS) is 11.6. The molecule has 1 aromatic heterocycles. The van der Waals surface area contributed by atoms with Crippen molar-refractivity contribution in [2.45, 2.75) is 33.3 Å². The van der Waals surface area contributed by atoms with Gasteiger partial charge in [0.05, 0.1) is 5.52 Å². The minimum Gasteiger partial charge on any atom is -0.488 e. The van der Waals surface area contributed by atoms with Crippen LogP contribution >= 0.6 is 0 Å². The lowest BCUT2D eigenvalue weighted by Crippen LogP contribution is -2.22. The molecular weight excluding hydrogens is 238 g/mol. The molecule has 19 heavy (non-hydrogen) atoms. The summed E-state index contributed by atoms with van der Waals surface area (Å²) in [4.78, 5) is 4.37. The highest BCUT2D eigenvalue weighted by molar-refractivity contribution is 5.96. The van der Waals surface area contributed by atoms with Crippen LogP contribution in [-0.2, 0) is 0 Å². The van der Waals surface area contributed by atoms with Gasteiger partial charge in [-0.2, -0.15) is 0 Å². The molecule has 0 amide bonds. The molecule has 0 fully saturated rings. The third-order valence-electron chi connectivity index (χ3n) is 2.69. The first-order valence-corrected chi connectivity index (χ1v) is 6.21. The molecule has 0 aliphatic rings. The van der Waals surface area contributed by atoms with E-state index in [9.17, 15) is 0 Å². The van der Waals surface area contributed by atoms with Crippen LogP contribution in [0, 0.1) is 12.3 Å². The lowest BCUT2D eigenvalue weighted by molar-refractivity contribution is 0.131. The van der Waals surface area contributed by atoms with Crippen LogP contribution in [0.15, 0.2) is 24.3 Å². The zero-order chi connectivity index (χ0) is 14.2. The highest BCUT2D eigenvalue weighted by Crippen LogP contribution is 2.25. The summed E-state index contributed by atoms with van der Waals surface area (Å²) in [5.41, 5.74) is 7.63. The van der Waals surface area contributed by atoms with E-state index in [2.05, 4.69) is 4.98 Å². The van der Waals surface area contributed by atoms with Crippen molar-refractivity contribution in [3.05, 3.63) is 35.5 Å². The first-order chi connectivity index (χ1) is 8.76. The van der Waals surface area contributed by atoms with Gasteiger partial charge in [-0.15, -0.1) is 0 Å². The van der Waals surface area contributed by atoms with Crippen molar-refractivity contribution >= 4 is 16.7 Å². The number of aryl methyl sites for hydroxylation is 1. The SMILES string of the molecule is Cc1cc(C(=N)N)nc2ccc(OC(C)(C)C)cc12. The second-order valence-corrected chi connectivity index (χ2v) is 5.63. The van der Waals surface area contributed by atoms with E-state index in [1.165, 1.54) is 0 Å². The van der Waals surface area contributed by atoms with E-state index in [1.54, 1.807) is 0 Å². The number of nitrogens with two attached hydrogens (primary N) is 1. The average molecular weight is 257 g/mol. The lowest BCUT2D eigenvalue weighted by Gasteiger charge is -2.21. The van der Waals surface area contributed by atoms with Crippen molar-refractivity contribution in [3.63, 3.8) is 0 Å². The maximum atomic E-state index is 7.46. The van der Waals surface area contributed by atoms with E-state index >= 15 is 0 Å². The minimum absolute atomic E-state index is 0.0139. The van der Waals surface area contributed by atoms with E-state index < -0.39 is 0 Å². The molecular formula is C15H19N3O. The van der Waals surface area contributed by atoms with Crippen molar-refractivity contribution in [2.75, 3.05) is 0 Å². The standard InChI is InChI=1S/C15H19N3O/c1-9-7-13(14(16)17)18-12-6-5-10(8-11(9)12)19-15(2,3)4/h5-8H,1-4H3,(H3,16,17). The van der Waals surface area contributed by atoms with E-state index in [4.69, 9.17) is 15.9 Å². The Morgan fingerprint density at radius 3 is 2.53 bits per heavy atom.